The van der Waals surface area contributed by atoms with Crippen LogP contribution in [0.1, 0.15) is 89.5 Å². The first-order valence-corrected chi connectivity index (χ1v) is 11.4. The SMILES string of the molecule is Cc1cc2c(cc1Cc1ccc(C(=O)Nc3ccccc3C(N)=O)o1)C(C)(C)CCC2(C)C. The monoisotopic (exact) mass is 444 g/mol. The minimum atomic E-state index is -0.597. The molecule has 0 radical (unpaired) electrons. The van der Waals surface area contributed by atoms with Crippen molar-refractivity contribution >= 4 is 17.5 Å². The van der Waals surface area contributed by atoms with E-state index in [0.717, 1.165) is 12.2 Å². The van der Waals surface area contributed by atoms with Crippen LogP contribution >= 0.6 is 0 Å². The van der Waals surface area contributed by atoms with Crippen molar-refractivity contribution in [1.29, 1.82) is 0 Å². The molecule has 33 heavy (non-hydrogen) atoms. The van der Waals surface area contributed by atoms with E-state index in [1.807, 2.05) is 6.07 Å². The molecular formula is C28H32N2O3. The maximum Gasteiger partial charge on any atom is 0.291 e. The Morgan fingerprint density at radius 1 is 0.970 bits per heavy atom. The molecule has 0 saturated carbocycles. The number of carbonyl (C=O) groups is 2. The number of para-hydroxylation sites is 1. The molecule has 2 aromatic carbocycles. The van der Waals surface area contributed by atoms with Crippen LogP contribution in [0.15, 0.2) is 52.9 Å². The summed E-state index contributed by atoms with van der Waals surface area (Å²) >= 11 is 0. The van der Waals surface area contributed by atoms with Crippen LogP contribution in [-0.4, -0.2) is 11.8 Å². The first kappa shape index (κ1) is 22.8. The summed E-state index contributed by atoms with van der Waals surface area (Å²) in [6.45, 7) is 11.4. The third kappa shape index (κ3) is 4.45. The molecule has 1 heterocycles. The number of hydrogen-bond acceptors (Lipinski definition) is 3. The number of primary amides is 1. The summed E-state index contributed by atoms with van der Waals surface area (Å²) in [5, 5.41) is 2.72. The van der Waals surface area contributed by atoms with Crippen LogP contribution < -0.4 is 11.1 Å². The van der Waals surface area contributed by atoms with Gasteiger partial charge in [0.05, 0.1) is 11.3 Å². The highest BCUT2D eigenvalue weighted by atomic mass is 16.3. The standard InChI is InChI=1S/C28H32N2O3/c1-17-14-21-22(28(4,5)13-12-27(21,2)3)16-18(17)15-19-10-11-24(33-19)26(32)30-23-9-7-6-8-20(23)25(29)31/h6-11,14,16H,12-13,15H2,1-5H3,(H2,29,31)(H,30,32). The van der Waals surface area contributed by atoms with Gasteiger partial charge in [-0.1, -0.05) is 52.0 Å². The summed E-state index contributed by atoms with van der Waals surface area (Å²) in [5.74, 6) is -0.0966. The minimum Gasteiger partial charge on any atom is -0.456 e. The zero-order chi connectivity index (χ0) is 24.0. The van der Waals surface area contributed by atoms with E-state index in [0.29, 0.717) is 12.1 Å². The van der Waals surface area contributed by atoms with Crippen molar-refractivity contribution in [1.82, 2.24) is 0 Å². The Labute approximate surface area is 195 Å². The number of benzene rings is 2. The van der Waals surface area contributed by atoms with Crippen molar-refractivity contribution in [2.75, 3.05) is 5.32 Å². The van der Waals surface area contributed by atoms with E-state index in [1.165, 1.54) is 28.7 Å². The van der Waals surface area contributed by atoms with Gasteiger partial charge in [-0.25, -0.2) is 0 Å². The molecule has 0 atom stereocenters. The predicted octanol–water partition coefficient (Wildman–Crippen LogP) is 5.88. The molecule has 0 spiro atoms. The van der Waals surface area contributed by atoms with E-state index in [9.17, 15) is 9.59 Å². The van der Waals surface area contributed by atoms with Crippen molar-refractivity contribution in [3.63, 3.8) is 0 Å². The topological polar surface area (TPSA) is 85.3 Å². The smallest absolute Gasteiger partial charge is 0.291 e. The van der Waals surface area contributed by atoms with Gasteiger partial charge in [0.25, 0.3) is 11.8 Å². The third-order valence-electron chi connectivity index (χ3n) is 7.00. The zero-order valence-electron chi connectivity index (χ0n) is 20.0. The second kappa shape index (κ2) is 8.22. The van der Waals surface area contributed by atoms with Gasteiger partial charge in [-0.3, -0.25) is 9.59 Å². The molecule has 3 aromatic rings. The second-order valence-electron chi connectivity index (χ2n) is 10.4. The summed E-state index contributed by atoms with van der Waals surface area (Å²) < 4.78 is 5.89. The van der Waals surface area contributed by atoms with E-state index < -0.39 is 11.8 Å². The molecule has 1 aromatic heterocycles. The van der Waals surface area contributed by atoms with E-state index >= 15 is 0 Å². The number of aryl methyl sites for hydroxylation is 1. The van der Waals surface area contributed by atoms with Gasteiger partial charge in [-0.05, 0) is 77.1 Å². The Balaban J connectivity index is 1.57. The zero-order valence-corrected chi connectivity index (χ0v) is 20.0. The summed E-state index contributed by atoms with van der Waals surface area (Å²) in [7, 11) is 0. The number of anilines is 1. The molecule has 0 saturated heterocycles. The fraction of sp³-hybridized carbons (Fsp3) is 0.357. The maximum absolute atomic E-state index is 12.7. The number of rotatable bonds is 5. The van der Waals surface area contributed by atoms with Crippen molar-refractivity contribution in [3.8, 4) is 0 Å². The van der Waals surface area contributed by atoms with Crippen LogP contribution in [-0.2, 0) is 17.3 Å². The molecule has 2 amide bonds. The molecule has 5 heteroatoms. The van der Waals surface area contributed by atoms with Crippen molar-refractivity contribution < 1.29 is 14.0 Å². The maximum atomic E-state index is 12.7. The van der Waals surface area contributed by atoms with Gasteiger partial charge in [-0.15, -0.1) is 0 Å². The van der Waals surface area contributed by atoms with Crippen LogP contribution in [0.3, 0.4) is 0 Å². The number of nitrogens with one attached hydrogen (secondary N) is 1. The number of nitrogens with two attached hydrogens (primary N) is 1. The van der Waals surface area contributed by atoms with Crippen molar-refractivity contribution in [2.24, 2.45) is 5.73 Å². The summed E-state index contributed by atoms with van der Waals surface area (Å²) in [4.78, 5) is 24.3. The first-order valence-electron chi connectivity index (χ1n) is 11.4. The van der Waals surface area contributed by atoms with Gasteiger partial charge in [0.2, 0.25) is 0 Å². The Kier molecular flexibility index (Phi) is 5.69. The van der Waals surface area contributed by atoms with E-state index in [2.05, 4.69) is 52.1 Å². The molecule has 0 unspecified atom stereocenters. The average Bonchev–Trinajstić information content (AvgIpc) is 3.21. The molecule has 0 bridgehead atoms. The van der Waals surface area contributed by atoms with Crippen molar-refractivity contribution in [3.05, 3.63) is 87.9 Å². The molecule has 1 aliphatic rings. The van der Waals surface area contributed by atoms with Crippen LogP contribution in [0.25, 0.3) is 0 Å². The van der Waals surface area contributed by atoms with Crippen LogP contribution in [0.4, 0.5) is 5.69 Å². The molecular weight excluding hydrogens is 412 g/mol. The summed E-state index contributed by atoms with van der Waals surface area (Å²) in [5.41, 5.74) is 11.6. The highest BCUT2D eigenvalue weighted by molar-refractivity contribution is 6.07. The number of amides is 2. The predicted molar refractivity (Wildman–Crippen MR) is 131 cm³/mol. The lowest BCUT2D eigenvalue weighted by molar-refractivity contribution is 0.0995. The number of furan rings is 1. The van der Waals surface area contributed by atoms with E-state index in [4.69, 9.17) is 10.2 Å². The average molecular weight is 445 g/mol. The Morgan fingerprint density at radius 2 is 1.61 bits per heavy atom. The molecule has 1 aliphatic carbocycles. The number of hydrogen-bond donors (Lipinski definition) is 2. The number of carbonyl (C=O) groups excluding carboxylic acids is 2. The molecule has 0 fully saturated rings. The van der Waals surface area contributed by atoms with E-state index in [-0.39, 0.29) is 22.2 Å². The molecule has 5 nitrogen and oxygen atoms in total. The third-order valence-corrected chi connectivity index (χ3v) is 7.00. The van der Waals surface area contributed by atoms with Crippen LogP contribution in [0.2, 0.25) is 0 Å². The fourth-order valence-electron chi connectivity index (χ4n) is 4.73. The molecule has 172 valence electrons. The lowest BCUT2D eigenvalue weighted by atomic mass is 9.62. The van der Waals surface area contributed by atoms with Gasteiger partial charge in [0, 0.05) is 6.42 Å². The molecule has 3 N–H and O–H groups in total. The van der Waals surface area contributed by atoms with Gasteiger partial charge >= 0.3 is 0 Å². The minimum absolute atomic E-state index is 0.134. The van der Waals surface area contributed by atoms with Crippen molar-refractivity contribution in [2.45, 2.75) is 64.7 Å². The molecule has 4 rings (SSSR count). The highest BCUT2D eigenvalue weighted by Crippen LogP contribution is 2.46. The van der Waals surface area contributed by atoms with Gasteiger partial charge in [-0.2, -0.15) is 0 Å². The van der Waals surface area contributed by atoms with Crippen LogP contribution in [0, 0.1) is 6.92 Å². The first-order chi connectivity index (χ1) is 15.5. The Hall–Kier alpha value is -3.34. The van der Waals surface area contributed by atoms with Gasteiger partial charge < -0.3 is 15.5 Å². The largest absolute Gasteiger partial charge is 0.456 e. The van der Waals surface area contributed by atoms with E-state index in [1.54, 1.807) is 30.3 Å². The number of fused-ring (bicyclic) bond motifs is 1. The van der Waals surface area contributed by atoms with Gasteiger partial charge in [0.15, 0.2) is 5.76 Å². The van der Waals surface area contributed by atoms with Gasteiger partial charge in [0.1, 0.15) is 5.76 Å². The lowest BCUT2D eigenvalue weighted by Crippen LogP contribution is -2.34. The summed E-state index contributed by atoms with van der Waals surface area (Å²) in [6.07, 6.45) is 2.95. The quantitative estimate of drug-likeness (QED) is 0.515. The molecule has 0 aliphatic heterocycles. The fourth-order valence-corrected chi connectivity index (χ4v) is 4.73. The Bertz CT molecular complexity index is 1230. The second-order valence-corrected chi connectivity index (χ2v) is 10.4. The lowest BCUT2D eigenvalue weighted by Gasteiger charge is -2.42. The normalized spacial score (nSPS) is 16.2. The van der Waals surface area contributed by atoms with Crippen LogP contribution in [0.5, 0.6) is 0 Å². The summed E-state index contributed by atoms with van der Waals surface area (Å²) in [6, 6.07) is 14.8. The highest BCUT2D eigenvalue weighted by Gasteiger charge is 2.37. The Morgan fingerprint density at radius 3 is 2.27 bits per heavy atom.